The van der Waals surface area contributed by atoms with Crippen molar-refractivity contribution in [3.8, 4) is 0 Å². The predicted molar refractivity (Wildman–Crippen MR) is 144 cm³/mol. The van der Waals surface area contributed by atoms with Crippen LogP contribution >= 0.6 is 0 Å². The third-order valence-corrected chi connectivity index (χ3v) is 8.57. The van der Waals surface area contributed by atoms with E-state index in [0.717, 1.165) is 55.6 Å². The molecule has 4 heteroatoms. The number of carbonyl (C=O) groups is 2. The quantitative estimate of drug-likeness (QED) is 0.444. The minimum absolute atomic E-state index is 0.210. The summed E-state index contributed by atoms with van der Waals surface area (Å²) in [6, 6.07) is 30.8. The number of benzene rings is 3. The van der Waals surface area contributed by atoms with Gasteiger partial charge in [-0.1, -0.05) is 91.0 Å². The first-order chi connectivity index (χ1) is 17.5. The number of amides is 1. The van der Waals surface area contributed by atoms with Gasteiger partial charge in [-0.3, -0.25) is 9.59 Å². The van der Waals surface area contributed by atoms with Crippen LogP contribution in [0.2, 0.25) is 0 Å². The second-order valence-corrected chi connectivity index (χ2v) is 10.7. The summed E-state index contributed by atoms with van der Waals surface area (Å²) in [6.07, 6.45) is 2.54. The Bertz CT molecular complexity index is 1190. The molecular formula is C32H36N2O2. The van der Waals surface area contributed by atoms with Crippen molar-refractivity contribution in [2.24, 2.45) is 5.92 Å². The maximum absolute atomic E-state index is 13.9. The van der Waals surface area contributed by atoms with Crippen LogP contribution in [0.15, 0.2) is 91.0 Å². The molecule has 5 rings (SSSR count). The molecule has 3 aromatic rings. The lowest BCUT2D eigenvalue weighted by molar-refractivity contribution is -0.133. The molecule has 1 saturated heterocycles. The molecule has 0 radical (unpaired) electrons. The fraction of sp³-hybridized carbons (Fsp3) is 0.375. The van der Waals surface area contributed by atoms with Crippen LogP contribution in [-0.2, 0) is 27.0 Å². The van der Waals surface area contributed by atoms with Gasteiger partial charge in [-0.05, 0) is 61.9 Å². The summed E-state index contributed by atoms with van der Waals surface area (Å²) in [4.78, 5) is 31.1. The van der Waals surface area contributed by atoms with Crippen LogP contribution < -0.4 is 0 Å². The number of hydrogen-bond donors (Lipinski definition) is 0. The summed E-state index contributed by atoms with van der Waals surface area (Å²) < 4.78 is 0. The number of nitrogens with zero attached hydrogens (tertiary/aromatic N) is 2. The zero-order valence-corrected chi connectivity index (χ0v) is 21.4. The van der Waals surface area contributed by atoms with Gasteiger partial charge < -0.3 is 9.80 Å². The van der Waals surface area contributed by atoms with Crippen molar-refractivity contribution >= 4 is 11.7 Å². The highest BCUT2D eigenvalue weighted by molar-refractivity contribution is 5.92. The van der Waals surface area contributed by atoms with E-state index in [2.05, 4.69) is 41.3 Å². The van der Waals surface area contributed by atoms with Crippen LogP contribution in [0, 0.1) is 5.92 Å². The van der Waals surface area contributed by atoms with Crippen molar-refractivity contribution in [1.29, 1.82) is 0 Å². The Kier molecular flexibility index (Phi) is 6.81. The maximum atomic E-state index is 13.9. The van der Waals surface area contributed by atoms with Gasteiger partial charge in [0, 0.05) is 20.1 Å². The van der Waals surface area contributed by atoms with E-state index in [0.29, 0.717) is 6.54 Å². The van der Waals surface area contributed by atoms with E-state index < -0.39 is 5.41 Å². The van der Waals surface area contributed by atoms with Gasteiger partial charge in [-0.2, -0.15) is 0 Å². The Morgan fingerprint density at radius 2 is 1.36 bits per heavy atom. The maximum Gasteiger partial charge on any atom is 0.233 e. The number of Topliss-reactive ketones (excluding diaryl/α,β-unsaturated/α-hetero) is 1. The predicted octanol–water partition coefficient (Wildman–Crippen LogP) is 5.23. The van der Waals surface area contributed by atoms with Crippen LogP contribution in [0.3, 0.4) is 0 Å². The van der Waals surface area contributed by atoms with Crippen LogP contribution in [0.25, 0.3) is 0 Å². The summed E-state index contributed by atoms with van der Waals surface area (Å²) in [5.41, 5.74) is 2.56. The third kappa shape index (κ3) is 4.51. The molecule has 0 aromatic heterocycles. The molecular weight excluding hydrogens is 444 g/mol. The second-order valence-electron chi connectivity index (χ2n) is 10.7. The van der Waals surface area contributed by atoms with E-state index in [-0.39, 0.29) is 23.0 Å². The highest BCUT2D eigenvalue weighted by Crippen LogP contribution is 2.56. The Hall–Kier alpha value is -3.24. The molecule has 1 aliphatic heterocycles. The largest absolute Gasteiger partial charge is 0.341 e. The summed E-state index contributed by atoms with van der Waals surface area (Å²) in [6.45, 7) is 5.00. The van der Waals surface area contributed by atoms with Gasteiger partial charge in [0.25, 0.3) is 0 Å². The van der Waals surface area contributed by atoms with E-state index >= 15 is 0 Å². The zero-order valence-electron chi connectivity index (χ0n) is 21.4. The molecule has 0 spiro atoms. The minimum Gasteiger partial charge on any atom is -0.341 e. The zero-order chi connectivity index (χ0) is 25.2. The van der Waals surface area contributed by atoms with Crippen molar-refractivity contribution in [2.45, 2.75) is 43.6 Å². The lowest BCUT2D eigenvalue weighted by Crippen LogP contribution is -2.47. The smallest absolute Gasteiger partial charge is 0.233 e. The highest BCUT2D eigenvalue weighted by atomic mass is 16.2. The van der Waals surface area contributed by atoms with Gasteiger partial charge in [0.2, 0.25) is 5.91 Å². The fourth-order valence-electron chi connectivity index (χ4n) is 6.32. The Labute approximate surface area is 214 Å². The average molecular weight is 481 g/mol. The first-order valence-corrected chi connectivity index (χ1v) is 13.1. The lowest BCUT2D eigenvalue weighted by Gasteiger charge is -2.41. The van der Waals surface area contributed by atoms with Gasteiger partial charge in [0.15, 0.2) is 0 Å². The lowest BCUT2D eigenvalue weighted by atomic mass is 9.70. The molecule has 0 N–H and O–H groups in total. The molecule has 36 heavy (non-hydrogen) atoms. The normalized spacial score (nSPS) is 23.1. The van der Waals surface area contributed by atoms with Gasteiger partial charge in [-0.25, -0.2) is 0 Å². The SMILES string of the molecule is CC(=O)C1(c2ccccc2)CCN(C[C@@H]2C[C@@]2(C(=O)N(C)Cc2ccccc2)c2ccccc2)CC1. The number of ketones is 1. The molecule has 3 aromatic carbocycles. The molecule has 1 amide bonds. The van der Waals surface area contributed by atoms with Gasteiger partial charge in [-0.15, -0.1) is 0 Å². The molecule has 4 nitrogen and oxygen atoms in total. The van der Waals surface area contributed by atoms with Crippen LogP contribution in [0.5, 0.6) is 0 Å². The summed E-state index contributed by atoms with van der Waals surface area (Å²) >= 11 is 0. The van der Waals surface area contributed by atoms with Crippen LogP contribution in [-0.4, -0.2) is 48.2 Å². The van der Waals surface area contributed by atoms with Gasteiger partial charge in [0.1, 0.15) is 5.78 Å². The number of carbonyl (C=O) groups excluding carboxylic acids is 2. The van der Waals surface area contributed by atoms with Gasteiger partial charge >= 0.3 is 0 Å². The Balaban J connectivity index is 1.30. The molecule has 2 atom stereocenters. The minimum atomic E-state index is -0.459. The summed E-state index contributed by atoms with van der Waals surface area (Å²) in [7, 11) is 1.93. The topological polar surface area (TPSA) is 40.6 Å². The summed E-state index contributed by atoms with van der Waals surface area (Å²) in [5.74, 6) is 0.755. The highest BCUT2D eigenvalue weighted by Gasteiger charge is 2.62. The van der Waals surface area contributed by atoms with E-state index in [1.54, 1.807) is 6.92 Å². The number of piperidine rings is 1. The van der Waals surface area contributed by atoms with Crippen molar-refractivity contribution < 1.29 is 9.59 Å². The fourth-order valence-corrected chi connectivity index (χ4v) is 6.32. The molecule has 1 aliphatic carbocycles. The molecule has 1 heterocycles. The number of likely N-dealkylation sites (N-methyl/N-ethyl adjacent to an activating group) is 1. The van der Waals surface area contributed by atoms with Crippen LogP contribution in [0.1, 0.15) is 42.9 Å². The average Bonchev–Trinajstić information content (AvgIpc) is 3.64. The number of likely N-dealkylation sites (tertiary alicyclic amines) is 1. The second kappa shape index (κ2) is 10.0. The van der Waals surface area contributed by atoms with E-state index in [4.69, 9.17) is 0 Å². The monoisotopic (exact) mass is 480 g/mol. The third-order valence-electron chi connectivity index (χ3n) is 8.57. The Morgan fingerprint density at radius 1 is 0.833 bits per heavy atom. The first kappa shape index (κ1) is 24.5. The van der Waals surface area contributed by atoms with Crippen molar-refractivity contribution in [3.05, 3.63) is 108 Å². The van der Waals surface area contributed by atoms with Crippen LogP contribution in [0.4, 0.5) is 0 Å². The molecule has 2 aliphatic rings. The van der Waals surface area contributed by atoms with E-state index in [9.17, 15) is 9.59 Å². The number of rotatable bonds is 8. The molecule has 2 fully saturated rings. The van der Waals surface area contributed by atoms with E-state index in [1.807, 2.05) is 66.5 Å². The van der Waals surface area contributed by atoms with E-state index in [1.165, 1.54) is 0 Å². The summed E-state index contributed by atoms with van der Waals surface area (Å²) in [5, 5.41) is 0. The molecule has 1 saturated carbocycles. The Morgan fingerprint density at radius 3 is 1.92 bits per heavy atom. The van der Waals surface area contributed by atoms with Crippen molar-refractivity contribution in [1.82, 2.24) is 9.80 Å². The molecule has 0 unspecified atom stereocenters. The number of hydrogen-bond acceptors (Lipinski definition) is 3. The first-order valence-electron chi connectivity index (χ1n) is 13.1. The van der Waals surface area contributed by atoms with Gasteiger partial charge in [0.05, 0.1) is 10.8 Å². The van der Waals surface area contributed by atoms with Crippen molar-refractivity contribution in [3.63, 3.8) is 0 Å². The molecule has 0 bridgehead atoms. The standard InChI is InChI=1S/C32H36N2O2/c1-25(35)31(27-14-8-4-9-15-27)18-20-34(21-19-31)24-29-22-32(29,28-16-10-5-11-17-28)30(36)33(2)23-26-12-6-3-7-13-26/h3-17,29H,18-24H2,1-2H3/t29-,32+/m0/s1. The van der Waals surface area contributed by atoms with Crippen molar-refractivity contribution in [2.75, 3.05) is 26.7 Å². The molecule has 186 valence electrons.